The Bertz CT molecular complexity index is 1220. The van der Waals surface area contributed by atoms with Gasteiger partial charge in [0.25, 0.3) is 0 Å². The third-order valence-corrected chi connectivity index (χ3v) is 6.00. The van der Waals surface area contributed by atoms with Gasteiger partial charge in [0.05, 0.1) is 0 Å². The summed E-state index contributed by atoms with van der Waals surface area (Å²) in [6.07, 6.45) is 4.44. The number of ether oxygens (including phenoxy) is 1. The standard InChI is InChI=1S/C27H29N5O.ClH/c1-20-19-28-27(31-26(20)30-25-10-6-8-21-7-2-3-9-24(21)25)29-22-11-13-23(14-12-22)33-18-17-32-15-4-5-16-32;/h2-3,6-14,19H,4-5,15-18H2,1H3,(H2,28,29,30,31);1H. The van der Waals surface area contributed by atoms with Crippen LogP contribution in [-0.2, 0) is 0 Å². The minimum atomic E-state index is 0. The Hall–Kier alpha value is -3.35. The summed E-state index contributed by atoms with van der Waals surface area (Å²) in [6.45, 7) is 6.10. The Morgan fingerprint density at radius 2 is 1.68 bits per heavy atom. The maximum atomic E-state index is 5.90. The van der Waals surface area contributed by atoms with Crippen LogP contribution in [0.5, 0.6) is 5.75 Å². The molecule has 34 heavy (non-hydrogen) atoms. The molecule has 2 N–H and O–H groups in total. The van der Waals surface area contributed by atoms with Crippen molar-refractivity contribution < 1.29 is 4.74 Å². The van der Waals surface area contributed by atoms with E-state index in [4.69, 9.17) is 9.72 Å². The molecule has 2 heterocycles. The predicted octanol–water partition coefficient (Wildman–Crippen LogP) is 6.32. The maximum absolute atomic E-state index is 5.90. The molecule has 0 bridgehead atoms. The van der Waals surface area contributed by atoms with Gasteiger partial charge in [0.15, 0.2) is 0 Å². The molecule has 0 radical (unpaired) electrons. The summed E-state index contributed by atoms with van der Waals surface area (Å²) in [5.41, 5.74) is 2.92. The molecule has 176 valence electrons. The number of nitrogens with one attached hydrogen (secondary N) is 2. The molecule has 3 aromatic carbocycles. The number of likely N-dealkylation sites (tertiary alicyclic amines) is 1. The highest BCUT2D eigenvalue weighted by atomic mass is 35.5. The van der Waals surface area contributed by atoms with Gasteiger partial charge in [-0.15, -0.1) is 12.4 Å². The highest BCUT2D eigenvalue weighted by molar-refractivity contribution is 5.95. The SMILES string of the molecule is Cc1cnc(Nc2ccc(OCCN3CCCC3)cc2)nc1Nc1cccc2ccccc12.Cl. The van der Waals surface area contributed by atoms with Crippen molar-refractivity contribution >= 4 is 46.3 Å². The van der Waals surface area contributed by atoms with Gasteiger partial charge in [-0.3, -0.25) is 4.90 Å². The molecule has 0 unspecified atom stereocenters. The molecule has 1 aliphatic rings. The number of halogens is 1. The first-order valence-corrected chi connectivity index (χ1v) is 11.6. The molecule has 7 heteroatoms. The summed E-state index contributed by atoms with van der Waals surface area (Å²) in [6, 6.07) is 22.5. The van der Waals surface area contributed by atoms with Gasteiger partial charge in [-0.2, -0.15) is 4.98 Å². The number of anilines is 4. The molecular formula is C27H30ClN5O. The van der Waals surface area contributed by atoms with Gasteiger partial charge in [0, 0.05) is 35.1 Å². The summed E-state index contributed by atoms with van der Waals surface area (Å²) in [7, 11) is 0. The number of hydrogen-bond donors (Lipinski definition) is 2. The second kappa shape index (κ2) is 11.2. The van der Waals surface area contributed by atoms with E-state index in [1.165, 1.54) is 31.3 Å². The van der Waals surface area contributed by atoms with Crippen molar-refractivity contribution in [2.45, 2.75) is 19.8 Å². The lowest BCUT2D eigenvalue weighted by atomic mass is 10.1. The Balaban J connectivity index is 0.00000274. The second-order valence-corrected chi connectivity index (χ2v) is 8.42. The van der Waals surface area contributed by atoms with E-state index < -0.39 is 0 Å². The molecule has 5 rings (SSSR count). The number of benzene rings is 3. The summed E-state index contributed by atoms with van der Waals surface area (Å²) >= 11 is 0. The van der Waals surface area contributed by atoms with E-state index in [9.17, 15) is 0 Å². The van der Waals surface area contributed by atoms with Crippen LogP contribution in [0.2, 0.25) is 0 Å². The average molecular weight is 476 g/mol. The van der Waals surface area contributed by atoms with Gasteiger partial charge in [0.2, 0.25) is 5.95 Å². The van der Waals surface area contributed by atoms with Gasteiger partial charge < -0.3 is 15.4 Å². The largest absolute Gasteiger partial charge is 0.492 e. The smallest absolute Gasteiger partial charge is 0.229 e. The zero-order valence-corrected chi connectivity index (χ0v) is 20.1. The Labute approximate surface area is 206 Å². The average Bonchev–Trinajstić information content (AvgIpc) is 3.36. The highest BCUT2D eigenvalue weighted by Crippen LogP contribution is 2.27. The summed E-state index contributed by atoms with van der Waals surface area (Å²) in [4.78, 5) is 11.6. The maximum Gasteiger partial charge on any atom is 0.229 e. The molecule has 0 amide bonds. The molecule has 1 fully saturated rings. The lowest BCUT2D eigenvalue weighted by molar-refractivity contribution is 0.238. The van der Waals surface area contributed by atoms with Crippen LogP contribution in [0.4, 0.5) is 23.1 Å². The van der Waals surface area contributed by atoms with Gasteiger partial charge in [-0.25, -0.2) is 4.98 Å². The van der Waals surface area contributed by atoms with Crippen LogP contribution in [0.25, 0.3) is 10.8 Å². The minimum Gasteiger partial charge on any atom is -0.492 e. The fraction of sp³-hybridized carbons (Fsp3) is 0.259. The van der Waals surface area contributed by atoms with Crippen LogP contribution >= 0.6 is 12.4 Å². The van der Waals surface area contributed by atoms with Crippen molar-refractivity contribution in [3.63, 3.8) is 0 Å². The van der Waals surface area contributed by atoms with E-state index in [0.29, 0.717) is 5.95 Å². The molecule has 1 saturated heterocycles. The van der Waals surface area contributed by atoms with Crippen LogP contribution in [0.1, 0.15) is 18.4 Å². The van der Waals surface area contributed by atoms with Crippen molar-refractivity contribution in [3.05, 3.63) is 78.5 Å². The van der Waals surface area contributed by atoms with Crippen molar-refractivity contribution in [2.24, 2.45) is 0 Å². The Morgan fingerprint density at radius 1 is 0.912 bits per heavy atom. The molecule has 1 aliphatic heterocycles. The Kier molecular flexibility index (Phi) is 7.83. The topological polar surface area (TPSA) is 62.3 Å². The van der Waals surface area contributed by atoms with Gasteiger partial charge >= 0.3 is 0 Å². The molecule has 4 aromatic rings. The van der Waals surface area contributed by atoms with Crippen LogP contribution < -0.4 is 15.4 Å². The summed E-state index contributed by atoms with van der Waals surface area (Å²) in [5.74, 6) is 2.21. The third kappa shape index (κ3) is 5.76. The van der Waals surface area contributed by atoms with Crippen molar-refractivity contribution in [3.8, 4) is 5.75 Å². The predicted molar refractivity (Wildman–Crippen MR) is 142 cm³/mol. The van der Waals surface area contributed by atoms with Gasteiger partial charge in [-0.05, 0) is 68.6 Å². The van der Waals surface area contributed by atoms with Crippen LogP contribution in [-0.4, -0.2) is 41.1 Å². The first-order chi connectivity index (χ1) is 16.2. The van der Waals surface area contributed by atoms with E-state index in [1.807, 2.05) is 49.5 Å². The molecule has 0 aliphatic carbocycles. The summed E-state index contributed by atoms with van der Waals surface area (Å²) < 4.78 is 5.90. The van der Waals surface area contributed by atoms with Crippen LogP contribution in [0.3, 0.4) is 0 Å². The number of aryl methyl sites for hydroxylation is 1. The monoisotopic (exact) mass is 475 g/mol. The molecular weight excluding hydrogens is 446 g/mol. The highest BCUT2D eigenvalue weighted by Gasteiger charge is 2.11. The lowest BCUT2D eigenvalue weighted by Crippen LogP contribution is -2.25. The van der Waals surface area contributed by atoms with E-state index >= 15 is 0 Å². The normalized spacial score (nSPS) is 13.4. The fourth-order valence-electron chi connectivity index (χ4n) is 4.15. The fourth-order valence-corrected chi connectivity index (χ4v) is 4.15. The first-order valence-electron chi connectivity index (χ1n) is 11.6. The molecule has 0 atom stereocenters. The van der Waals surface area contributed by atoms with Crippen LogP contribution in [0, 0.1) is 6.92 Å². The zero-order chi connectivity index (χ0) is 22.5. The van der Waals surface area contributed by atoms with E-state index in [1.54, 1.807) is 0 Å². The number of nitrogens with zero attached hydrogens (tertiary/aromatic N) is 3. The zero-order valence-electron chi connectivity index (χ0n) is 19.3. The lowest BCUT2D eigenvalue weighted by Gasteiger charge is -2.15. The van der Waals surface area contributed by atoms with Crippen LogP contribution in [0.15, 0.2) is 72.9 Å². The van der Waals surface area contributed by atoms with E-state index in [-0.39, 0.29) is 12.4 Å². The van der Waals surface area contributed by atoms with Crippen molar-refractivity contribution in [2.75, 3.05) is 36.9 Å². The molecule has 6 nitrogen and oxygen atoms in total. The van der Waals surface area contributed by atoms with Crippen molar-refractivity contribution in [1.29, 1.82) is 0 Å². The number of fused-ring (bicyclic) bond motifs is 1. The third-order valence-electron chi connectivity index (χ3n) is 6.00. The number of rotatable bonds is 8. The quantitative estimate of drug-likeness (QED) is 0.311. The van der Waals surface area contributed by atoms with E-state index in [2.05, 4.69) is 50.8 Å². The van der Waals surface area contributed by atoms with E-state index in [0.717, 1.165) is 47.0 Å². The number of hydrogen-bond acceptors (Lipinski definition) is 6. The first kappa shape index (κ1) is 23.8. The summed E-state index contributed by atoms with van der Waals surface area (Å²) in [5, 5.41) is 9.13. The Morgan fingerprint density at radius 3 is 2.50 bits per heavy atom. The van der Waals surface area contributed by atoms with Crippen molar-refractivity contribution in [1.82, 2.24) is 14.9 Å². The molecule has 1 aromatic heterocycles. The van der Waals surface area contributed by atoms with Gasteiger partial charge in [-0.1, -0.05) is 36.4 Å². The molecule has 0 spiro atoms. The molecule has 0 saturated carbocycles. The number of aromatic nitrogens is 2. The minimum absolute atomic E-state index is 0. The van der Waals surface area contributed by atoms with Gasteiger partial charge in [0.1, 0.15) is 18.2 Å². The second-order valence-electron chi connectivity index (χ2n) is 8.42.